The fourth-order valence-electron chi connectivity index (χ4n) is 1.92. The topological polar surface area (TPSA) is 37.3 Å². The largest absolute Gasteiger partial charge is 0.481 e. The lowest BCUT2D eigenvalue weighted by atomic mass is 9.71. The number of rotatable bonds is 7. The number of unbranched alkanes of at least 4 members (excludes halogenated alkanes) is 1. The van der Waals surface area contributed by atoms with Crippen LogP contribution in [0.25, 0.3) is 0 Å². The third-order valence-electron chi connectivity index (χ3n) is 3.71. The van der Waals surface area contributed by atoms with Gasteiger partial charge in [0.25, 0.3) is 0 Å². The molecule has 0 aliphatic carbocycles. The van der Waals surface area contributed by atoms with Crippen LogP contribution >= 0.6 is 0 Å². The highest BCUT2D eigenvalue weighted by Gasteiger charge is 2.39. The first-order valence-corrected chi connectivity index (χ1v) is 6.25. The molecule has 0 aromatic rings. The average Bonchev–Trinajstić information content (AvgIpc) is 2.21. The summed E-state index contributed by atoms with van der Waals surface area (Å²) in [5.74, 6) is -0.650. The average molecular weight is 238 g/mol. The summed E-state index contributed by atoms with van der Waals surface area (Å²) in [5.41, 5.74) is 1.25. The Kier molecular flexibility index (Phi) is 6.22. The summed E-state index contributed by atoms with van der Waals surface area (Å²) in [5, 5.41) is 9.35. The lowest BCUT2D eigenvalue weighted by molar-refractivity contribution is -0.148. The molecule has 0 unspecified atom stereocenters. The van der Waals surface area contributed by atoms with Crippen LogP contribution in [-0.4, -0.2) is 11.1 Å². The first-order valence-electron chi connectivity index (χ1n) is 6.25. The summed E-state index contributed by atoms with van der Waals surface area (Å²) in [4.78, 5) is 11.4. The van der Waals surface area contributed by atoms with Crippen LogP contribution in [0.1, 0.15) is 53.9 Å². The maximum absolute atomic E-state index is 11.4. The normalized spacial score (nSPS) is 15.8. The minimum Gasteiger partial charge on any atom is -0.481 e. The van der Waals surface area contributed by atoms with Crippen molar-refractivity contribution >= 4 is 5.97 Å². The summed E-state index contributed by atoms with van der Waals surface area (Å²) >= 11 is 0. The molecule has 2 heteroatoms. The number of carboxylic acids is 1. The second-order valence-electron chi connectivity index (χ2n) is 5.40. The maximum Gasteiger partial charge on any atom is 0.313 e. The van der Waals surface area contributed by atoms with E-state index in [0.717, 1.165) is 24.8 Å². The van der Waals surface area contributed by atoms with Crippen molar-refractivity contribution in [1.29, 1.82) is 0 Å². The third kappa shape index (κ3) is 4.37. The molecule has 2 nitrogen and oxygen atoms in total. The zero-order valence-corrected chi connectivity index (χ0v) is 11.8. The van der Waals surface area contributed by atoms with Crippen molar-refractivity contribution in [3.05, 3.63) is 23.8 Å². The molecule has 0 aliphatic heterocycles. The number of hydrogen-bond donors (Lipinski definition) is 1. The maximum atomic E-state index is 11.4. The van der Waals surface area contributed by atoms with E-state index in [4.69, 9.17) is 0 Å². The number of carboxylic acid groups (broad SMARTS) is 1. The fraction of sp³-hybridized carbons (Fsp3) is 0.667. The van der Waals surface area contributed by atoms with Crippen LogP contribution in [-0.2, 0) is 4.79 Å². The number of aliphatic carboxylic acids is 1. The SMILES string of the molecule is C=C(C)[C@](C)(C(=O)O)[C@H](C)CCCC=C(C)C. The van der Waals surface area contributed by atoms with Crippen molar-refractivity contribution in [3.63, 3.8) is 0 Å². The molecular formula is C15H26O2. The van der Waals surface area contributed by atoms with E-state index in [1.807, 2.05) is 6.92 Å². The molecule has 0 rings (SSSR count). The highest BCUT2D eigenvalue weighted by molar-refractivity contribution is 5.78. The number of carbonyl (C=O) groups is 1. The van der Waals surface area contributed by atoms with Gasteiger partial charge in [-0.05, 0) is 52.9 Å². The van der Waals surface area contributed by atoms with E-state index >= 15 is 0 Å². The molecule has 17 heavy (non-hydrogen) atoms. The summed E-state index contributed by atoms with van der Waals surface area (Å²) in [6.45, 7) is 13.6. The smallest absolute Gasteiger partial charge is 0.313 e. The standard InChI is InChI=1S/C15H26O2/c1-11(2)9-7-8-10-13(5)15(6,12(3)4)14(16)17/h9,13H,3,7-8,10H2,1-2,4-6H3,(H,16,17)/t13-,15+/m1/s1. The van der Waals surface area contributed by atoms with Gasteiger partial charge in [-0.25, -0.2) is 0 Å². The Morgan fingerprint density at radius 3 is 2.29 bits per heavy atom. The van der Waals surface area contributed by atoms with Crippen LogP contribution in [0.2, 0.25) is 0 Å². The van der Waals surface area contributed by atoms with Crippen molar-refractivity contribution in [1.82, 2.24) is 0 Å². The lowest BCUT2D eigenvalue weighted by Gasteiger charge is -2.32. The molecule has 0 spiro atoms. The van der Waals surface area contributed by atoms with Crippen molar-refractivity contribution in [2.75, 3.05) is 0 Å². The van der Waals surface area contributed by atoms with E-state index in [-0.39, 0.29) is 5.92 Å². The molecular weight excluding hydrogens is 212 g/mol. The molecule has 0 aromatic heterocycles. The van der Waals surface area contributed by atoms with Gasteiger partial charge in [0.1, 0.15) is 0 Å². The summed E-state index contributed by atoms with van der Waals surface area (Å²) in [6, 6.07) is 0. The highest BCUT2D eigenvalue weighted by atomic mass is 16.4. The second-order valence-corrected chi connectivity index (χ2v) is 5.40. The predicted molar refractivity (Wildman–Crippen MR) is 73.0 cm³/mol. The van der Waals surface area contributed by atoms with E-state index in [1.165, 1.54) is 5.57 Å². The predicted octanol–water partition coefficient (Wildman–Crippen LogP) is 4.43. The molecule has 0 radical (unpaired) electrons. The minimum absolute atomic E-state index is 0.114. The van der Waals surface area contributed by atoms with E-state index in [9.17, 15) is 9.90 Å². The molecule has 0 heterocycles. The summed E-state index contributed by atoms with van der Waals surface area (Å²) < 4.78 is 0. The Bertz CT molecular complexity index is 295. The molecule has 0 saturated carbocycles. The van der Waals surface area contributed by atoms with Gasteiger partial charge in [0.2, 0.25) is 0 Å². The molecule has 0 aromatic carbocycles. The Morgan fingerprint density at radius 2 is 1.94 bits per heavy atom. The van der Waals surface area contributed by atoms with Crippen LogP contribution in [0.15, 0.2) is 23.8 Å². The van der Waals surface area contributed by atoms with Gasteiger partial charge in [-0.15, -0.1) is 0 Å². The number of hydrogen-bond acceptors (Lipinski definition) is 1. The van der Waals surface area contributed by atoms with Gasteiger partial charge < -0.3 is 5.11 Å². The van der Waals surface area contributed by atoms with E-state index in [0.29, 0.717) is 0 Å². The lowest BCUT2D eigenvalue weighted by Crippen LogP contribution is -2.35. The summed E-state index contributed by atoms with van der Waals surface area (Å²) in [6.07, 6.45) is 5.17. The molecule has 2 atom stereocenters. The van der Waals surface area contributed by atoms with E-state index in [1.54, 1.807) is 13.8 Å². The fourth-order valence-corrected chi connectivity index (χ4v) is 1.92. The van der Waals surface area contributed by atoms with Gasteiger partial charge in [0, 0.05) is 0 Å². The molecule has 0 fully saturated rings. The van der Waals surface area contributed by atoms with Gasteiger partial charge in [0.05, 0.1) is 5.41 Å². The van der Waals surface area contributed by atoms with Crippen LogP contribution in [0.3, 0.4) is 0 Å². The zero-order chi connectivity index (χ0) is 13.6. The Morgan fingerprint density at radius 1 is 1.41 bits per heavy atom. The molecule has 0 saturated heterocycles. The zero-order valence-electron chi connectivity index (χ0n) is 11.8. The second kappa shape index (κ2) is 6.63. The summed E-state index contributed by atoms with van der Waals surface area (Å²) in [7, 11) is 0. The van der Waals surface area contributed by atoms with Crippen LogP contribution < -0.4 is 0 Å². The monoisotopic (exact) mass is 238 g/mol. The van der Waals surface area contributed by atoms with Crippen molar-refractivity contribution in [2.24, 2.45) is 11.3 Å². The highest BCUT2D eigenvalue weighted by Crippen LogP contribution is 2.37. The quantitative estimate of drug-likeness (QED) is 0.526. The Labute approximate surface area is 105 Å². The minimum atomic E-state index is -0.801. The molecule has 0 aliphatic rings. The molecule has 98 valence electrons. The van der Waals surface area contributed by atoms with E-state index in [2.05, 4.69) is 26.5 Å². The van der Waals surface area contributed by atoms with E-state index < -0.39 is 11.4 Å². The van der Waals surface area contributed by atoms with Crippen molar-refractivity contribution in [3.8, 4) is 0 Å². The van der Waals surface area contributed by atoms with Crippen LogP contribution in [0.5, 0.6) is 0 Å². The van der Waals surface area contributed by atoms with Gasteiger partial charge >= 0.3 is 5.97 Å². The van der Waals surface area contributed by atoms with Crippen molar-refractivity contribution < 1.29 is 9.90 Å². The Hall–Kier alpha value is -1.05. The third-order valence-corrected chi connectivity index (χ3v) is 3.71. The van der Waals surface area contributed by atoms with Crippen LogP contribution in [0, 0.1) is 11.3 Å². The van der Waals surface area contributed by atoms with Crippen LogP contribution in [0.4, 0.5) is 0 Å². The molecule has 1 N–H and O–H groups in total. The first kappa shape index (κ1) is 16.0. The Balaban J connectivity index is 4.46. The van der Waals surface area contributed by atoms with Crippen molar-refractivity contribution in [2.45, 2.75) is 53.9 Å². The molecule has 0 amide bonds. The number of allylic oxidation sites excluding steroid dienone is 2. The van der Waals surface area contributed by atoms with Gasteiger partial charge in [0.15, 0.2) is 0 Å². The van der Waals surface area contributed by atoms with Gasteiger partial charge in [-0.1, -0.05) is 30.7 Å². The van der Waals surface area contributed by atoms with Gasteiger partial charge in [-0.2, -0.15) is 0 Å². The van der Waals surface area contributed by atoms with Gasteiger partial charge in [-0.3, -0.25) is 4.79 Å². The molecule has 0 bridgehead atoms. The first-order chi connectivity index (χ1) is 7.72.